The highest BCUT2D eigenvalue weighted by Crippen LogP contribution is 2.39. The van der Waals surface area contributed by atoms with Gasteiger partial charge in [-0.25, -0.2) is 9.78 Å². The van der Waals surface area contributed by atoms with Gasteiger partial charge in [-0.3, -0.25) is 0 Å². The zero-order chi connectivity index (χ0) is 20.4. The summed E-state index contributed by atoms with van der Waals surface area (Å²) in [7, 11) is 0. The molecule has 0 aliphatic carbocycles. The highest BCUT2D eigenvalue weighted by atomic mass is 35.5. The molecule has 1 aliphatic heterocycles. The van der Waals surface area contributed by atoms with Crippen LogP contribution < -0.4 is 4.90 Å². The fourth-order valence-corrected chi connectivity index (χ4v) is 5.27. The van der Waals surface area contributed by atoms with Crippen LogP contribution >= 0.6 is 22.9 Å². The Labute approximate surface area is 179 Å². The van der Waals surface area contributed by atoms with Gasteiger partial charge >= 0.3 is 5.97 Å². The van der Waals surface area contributed by atoms with Crippen molar-refractivity contribution in [3.63, 3.8) is 0 Å². The Hall–Kier alpha value is -2.18. The van der Waals surface area contributed by atoms with Crippen molar-refractivity contribution in [2.45, 2.75) is 52.2 Å². The van der Waals surface area contributed by atoms with Gasteiger partial charge in [-0.05, 0) is 55.3 Å². The summed E-state index contributed by atoms with van der Waals surface area (Å²) in [6.45, 7) is 5.35. The molecular weight excluding hydrogens is 406 g/mol. The topological polar surface area (TPSA) is 55.3 Å². The number of anilines is 1. The van der Waals surface area contributed by atoms with E-state index in [-0.39, 0.29) is 17.9 Å². The molecule has 3 aromatic rings. The molecule has 1 unspecified atom stereocenters. The number of aromatic nitrogens is 2. The predicted octanol–water partition coefficient (Wildman–Crippen LogP) is 5.78. The number of aryl methyl sites for hydroxylation is 1. The van der Waals surface area contributed by atoms with E-state index in [9.17, 15) is 4.79 Å². The van der Waals surface area contributed by atoms with Crippen molar-refractivity contribution in [2.75, 3.05) is 11.4 Å². The van der Waals surface area contributed by atoms with Crippen LogP contribution in [0, 0.1) is 6.92 Å². The van der Waals surface area contributed by atoms with Crippen LogP contribution in [0.25, 0.3) is 10.2 Å². The minimum Gasteiger partial charge on any atom is -0.457 e. The van der Waals surface area contributed by atoms with Crippen LogP contribution in [-0.2, 0) is 11.3 Å². The van der Waals surface area contributed by atoms with Gasteiger partial charge < -0.3 is 9.64 Å². The number of carbonyl (C=O) groups excluding carboxylic acids is 1. The number of hydrogen-bond donors (Lipinski definition) is 0. The van der Waals surface area contributed by atoms with Crippen molar-refractivity contribution >= 4 is 44.9 Å². The van der Waals surface area contributed by atoms with Crippen LogP contribution in [0.4, 0.5) is 5.82 Å². The average Bonchev–Trinajstić information content (AvgIpc) is 3.08. The first kappa shape index (κ1) is 20.1. The molecule has 0 bridgehead atoms. The number of fused-ring (bicyclic) bond motifs is 1. The van der Waals surface area contributed by atoms with Gasteiger partial charge in [-0.1, -0.05) is 37.3 Å². The quantitative estimate of drug-likeness (QED) is 0.380. The van der Waals surface area contributed by atoms with E-state index in [1.54, 1.807) is 0 Å². The van der Waals surface area contributed by atoms with E-state index in [2.05, 4.69) is 21.8 Å². The second-order valence-corrected chi connectivity index (χ2v) is 8.70. The molecule has 2 aromatic heterocycles. The first-order valence-corrected chi connectivity index (χ1v) is 11.2. The minimum absolute atomic E-state index is 0.221. The van der Waals surface area contributed by atoms with E-state index in [1.165, 1.54) is 17.8 Å². The van der Waals surface area contributed by atoms with Crippen LogP contribution in [0.5, 0.6) is 0 Å². The van der Waals surface area contributed by atoms with Crippen molar-refractivity contribution < 1.29 is 9.53 Å². The van der Waals surface area contributed by atoms with E-state index >= 15 is 0 Å². The van der Waals surface area contributed by atoms with Gasteiger partial charge in [0.1, 0.15) is 22.1 Å². The number of nitrogens with zero attached hydrogens (tertiary/aromatic N) is 3. The molecule has 3 heterocycles. The third-order valence-electron chi connectivity index (χ3n) is 5.51. The Bertz CT molecular complexity index is 1020. The van der Waals surface area contributed by atoms with Crippen molar-refractivity contribution in [2.24, 2.45) is 0 Å². The van der Waals surface area contributed by atoms with Crippen LogP contribution in [0.3, 0.4) is 0 Å². The lowest BCUT2D eigenvalue weighted by molar-refractivity contribution is 0.0478. The molecule has 0 radical (unpaired) electrons. The van der Waals surface area contributed by atoms with Gasteiger partial charge in [0.15, 0.2) is 0 Å². The average molecular weight is 430 g/mol. The maximum absolute atomic E-state index is 12.8. The summed E-state index contributed by atoms with van der Waals surface area (Å²) < 4.78 is 5.56. The molecule has 1 fully saturated rings. The number of ether oxygens (including phenoxy) is 1. The monoisotopic (exact) mass is 429 g/mol. The number of piperidine rings is 1. The summed E-state index contributed by atoms with van der Waals surface area (Å²) in [5.74, 6) is 0.518. The number of benzene rings is 1. The largest absolute Gasteiger partial charge is 0.457 e. The van der Waals surface area contributed by atoms with E-state index in [0.717, 1.165) is 53.0 Å². The maximum Gasteiger partial charge on any atom is 0.349 e. The van der Waals surface area contributed by atoms with Gasteiger partial charge in [-0.2, -0.15) is 4.98 Å². The highest BCUT2D eigenvalue weighted by molar-refractivity contribution is 7.20. The van der Waals surface area contributed by atoms with Gasteiger partial charge in [0.2, 0.25) is 5.28 Å². The second-order valence-electron chi connectivity index (χ2n) is 7.37. The van der Waals surface area contributed by atoms with Crippen LogP contribution in [0.1, 0.15) is 53.4 Å². The summed E-state index contributed by atoms with van der Waals surface area (Å²) in [4.78, 5) is 25.4. The summed E-state index contributed by atoms with van der Waals surface area (Å²) in [5, 5.41) is 1.14. The Morgan fingerprint density at radius 3 is 2.83 bits per heavy atom. The third kappa shape index (κ3) is 4.09. The number of halogens is 1. The number of carbonyl (C=O) groups is 1. The standard InChI is InChI=1S/C22H24ClN3O2S/c1-3-16-11-7-8-12-26(16)19-17-14(2)18(29-20(17)25-22(23)24-19)21(27)28-13-15-9-5-4-6-10-15/h4-6,9-10,16H,3,7-8,11-13H2,1-2H3. The summed E-state index contributed by atoms with van der Waals surface area (Å²) in [6.07, 6.45) is 4.57. The van der Waals surface area contributed by atoms with Gasteiger partial charge in [0, 0.05) is 12.6 Å². The Balaban J connectivity index is 1.68. The predicted molar refractivity (Wildman–Crippen MR) is 118 cm³/mol. The summed E-state index contributed by atoms with van der Waals surface area (Å²) >= 11 is 7.59. The SMILES string of the molecule is CCC1CCCCN1c1nc(Cl)nc2sc(C(=O)OCc3ccccc3)c(C)c12. The Morgan fingerprint density at radius 2 is 2.07 bits per heavy atom. The smallest absolute Gasteiger partial charge is 0.349 e. The van der Waals surface area contributed by atoms with Gasteiger partial charge in [0.05, 0.1) is 5.39 Å². The van der Waals surface area contributed by atoms with Crippen molar-refractivity contribution in [1.29, 1.82) is 0 Å². The van der Waals surface area contributed by atoms with Crippen LogP contribution in [0.15, 0.2) is 30.3 Å². The Kier molecular flexibility index (Phi) is 6.01. The molecule has 4 rings (SSSR count). The minimum atomic E-state index is -0.331. The molecule has 5 nitrogen and oxygen atoms in total. The molecule has 1 aromatic carbocycles. The molecule has 0 amide bonds. The molecule has 0 saturated carbocycles. The van der Waals surface area contributed by atoms with E-state index in [0.29, 0.717) is 10.9 Å². The molecule has 29 heavy (non-hydrogen) atoms. The lowest BCUT2D eigenvalue weighted by Crippen LogP contribution is -2.39. The molecule has 7 heteroatoms. The maximum atomic E-state index is 12.8. The molecule has 152 valence electrons. The van der Waals surface area contributed by atoms with E-state index < -0.39 is 0 Å². The number of rotatable bonds is 5. The second kappa shape index (κ2) is 8.67. The number of thiophene rings is 1. The fourth-order valence-electron chi connectivity index (χ4n) is 3.99. The van der Waals surface area contributed by atoms with Gasteiger partial charge in [0.25, 0.3) is 0 Å². The summed E-state index contributed by atoms with van der Waals surface area (Å²) in [5.41, 5.74) is 1.83. The number of esters is 1. The molecular formula is C22H24ClN3O2S. The van der Waals surface area contributed by atoms with Gasteiger partial charge in [-0.15, -0.1) is 11.3 Å². The molecule has 1 saturated heterocycles. The molecule has 1 aliphatic rings. The van der Waals surface area contributed by atoms with E-state index in [1.807, 2.05) is 37.3 Å². The zero-order valence-electron chi connectivity index (χ0n) is 16.7. The third-order valence-corrected chi connectivity index (χ3v) is 6.85. The first-order valence-electron chi connectivity index (χ1n) is 10.0. The normalized spacial score (nSPS) is 16.9. The van der Waals surface area contributed by atoms with Crippen molar-refractivity contribution in [3.05, 3.63) is 51.6 Å². The number of hydrogen-bond acceptors (Lipinski definition) is 6. The lowest BCUT2D eigenvalue weighted by atomic mass is 9.99. The molecule has 1 atom stereocenters. The van der Waals surface area contributed by atoms with Crippen LogP contribution in [-0.4, -0.2) is 28.5 Å². The zero-order valence-corrected chi connectivity index (χ0v) is 18.2. The van der Waals surface area contributed by atoms with Crippen molar-refractivity contribution in [1.82, 2.24) is 9.97 Å². The Morgan fingerprint density at radius 1 is 1.28 bits per heavy atom. The first-order chi connectivity index (χ1) is 14.1. The van der Waals surface area contributed by atoms with Crippen LogP contribution in [0.2, 0.25) is 5.28 Å². The fraction of sp³-hybridized carbons (Fsp3) is 0.409. The summed E-state index contributed by atoms with van der Waals surface area (Å²) in [6, 6.07) is 10.1. The van der Waals surface area contributed by atoms with Crippen molar-refractivity contribution in [3.8, 4) is 0 Å². The molecule has 0 spiro atoms. The highest BCUT2D eigenvalue weighted by Gasteiger charge is 2.28. The molecule has 0 N–H and O–H groups in total. The lowest BCUT2D eigenvalue weighted by Gasteiger charge is -2.36. The van der Waals surface area contributed by atoms with E-state index in [4.69, 9.17) is 16.3 Å².